The lowest BCUT2D eigenvalue weighted by atomic mass is 10.3. The first-order chi connectivity index (χ1) is 9.72. The predicted molar refractivity (Wildman–Crippen MR) is 79.7 cm³/mol. The van der Waals surface area contributed by atoms with Gasteiger partial charge in [0, 0.05) is 10.6 Å². The Morgan fingerprint density at radius 2 is 2.00 bits per heavy atom. The monoisotopic (exact) mass is 324 g/mol. The molecule has 0 aliphatic carbocycles. The molecular weight excluding hydrogens is 316 g/mol. The summed E-state index contributed by atoms with van der Waals surface area (Å²) >= 11 is 8.99. The van der Waals surface area contributed by atoms with Crippen LogP contribution in [0.4, 0.5) is 0 Å². The molecular formula is C12H9ClN4OS2. The molecule has 0 amide bonds. The van der Waals surface area contributed by atoms with E-state index in [9.17, 15) is 5.11 Å². The third-order valence-electron chi connectivity index (χ3n) is 2.51. The summed E-state index contributed by atoms with van der Waals surface area (Å²) in [6.07, 6.45) is 0. The number of hydrogen-bond donors (Lipinski definition) is 1. The van der Waals surface area contributed by atoms with Crippen molar-refractivity contribution in [2.75, 3.05) is 0 Å². The normalized spacial score (nSPS) is 10.8. The Kier molecular flexibility index (Phi) is 3.90. The third-order valence-corrected chi connectivity index (χ3v) is 4.89. The summed E-state index contributed by atoms with van der Waals surface area (Å²) in [5, 5.41) is 21.7. The molecule has 0 saturated carbocycles. The highest BCUT2D eigenvalue weighted by atomic mass is 35.5. The Morgan fingerprint density at radius 3 is 2.70 bits per heavy atom. The maximum Gasteiger partial charge on any atom is 0.214 e. The average Bonchev–Trinajstić information content (AvgIpc) is 3.06. The lowest BCUT2D eigenvalue weighted by Gasteiger charge is -2.03. The van der Waals surface area contributed by atoms with Crippen LogP contribution >= 0.6 is 34.7 Å². The minimum absolute atomic E-state index is 0.212. The molecule has 3 aromatic rings. The molecule has 2 heterocycles. The van der Waals surface area contributed by atoms with Gasteiger partial charge >= 0.3 is 0 Å². The van der Waals surface area contributed by atoms with Gasteiger partial charge < -0.3 is 5.11 Å². The topological polar surface area (TPSA) is 63.8 Å². The summed E-state index contributed by atoms with van der Waals surface area (Å²) in [6, 6.07) is 10.6. The summed E-state index contributed by atoms with van der Waals surface area (Å²) in [6.45, 7) is 0. The van der Waals surface area contributed by atoms with Gasteiger partial charge in [0.25, 0.3) is 0 Å². The highest BCUT2D eigenvalue weighted by Crippen LogP contribution is 2.28. The largest absolute Gasteiger partial charge is 0.508 e. The van der Waals surface area contributed by atoms with E-state index in [1.54, 1.807) is 40.3 Å². The van der Waals surface area contributed by atoms with Gasteiger partial charge in [0.1, 0.15) is 5.75 Å². The quantitative estimate of drug-likeness (QED) is 0.745. The number of phenolic OH excluding ortho intramolecular Hbond substituents is 1. The average molecular weight is 325 g/mol. The minimum Gasteiger partial charge on any atom is -0.508 e. The van der Waals surface area contributed by atoms with E-state index < -0.39 is 0 Å². The molecule has 0 bridgehead atoms. The number of phenols is 1. The Balaban J connectivity index is 1.78. The van der Waals surface area contributed by atoms with Crippen molar-refractivity contribution in [2.24, 2.45) is 0 Å². The van der Waals surface area contributed by atoms with Crippen LogP contribution in [0.2, 0.25) is 4.34 Å². The van der Waals surface area contributed by atoms with E-state index in [-0.39, 0.29) is 5.75 Å². The second kappa shape index (κ2) is 5.82. The van der Waals surface area contributed by atoms with Gasteiger partial charge in [-0.3, -0.25) is 0 Å². The van der Waals surface area contributed by atoms with Crippen LogP contribution in [-0.2, 0) is 5.75 Å². The summed E-state index contributed by atoms with van der Waals surface area (Å²) in [5.41, 5.74) is 0.805. The Morgan fingerprint density at radius 1 is 1.20 bits per heavy atom. The van der Waals surface area contributed by atoms with Crippen molar-refractivity contribution in [3.8, 4) is 11.4 Å². The number of halogens is 1. The molecule has 0 atom stereocenters. The Bertz CT molecular complexity index is 710. The fourth-order valence-corrected chi connectivity index (χ4v) is 3.61. The van der Waals surface area contributed by atoms with Crippen molar-refractivity contribution in [3.63, 3.8) is 0 Å². The fraction of sp³-hybridized carbons (Fsp3) is 0.0833. The molecule has 0 radical (unpaired) electrons. The van der Waals surface area contributed by atoms with Crippen LogP contribution in [0.25, 0.3) is 5.69 Å². The summed E-state index contributed by atoms with van der Waals surface area (Å²) in [4.78, 5) is 1.17. The first-order valence-electron chi connectivity index (χ1n) is 5.67. The Hall–Kier alpha value is -1.57. The number of tetrazole rings is 1. The van der Waals surface area contributed by atoms with Gasteiger partial charge in [-0.1, -0.05) is 23.4 Å². The van der Waals surface area contributed by atoms with Crippen molar-refractivity contribution in [1.82, 2.24) is 20.2 Å². The third kappa shape index (κ3) is 2.95. The van der Waals surface area contributed by atoms with Gasteiger partial charge in [-0.05, 0) is 46.8 Å². The minimum atomic E-state index is 0.212. The maximum atomic E-state index is 9.30. The lowest BCUT2D eigenvalue weighted by molar-refractivity contribution is 0.475. The second-order valence-electron chi connectivity index (χ2n) is 3.88. The van der Waals surface area contributed by atoms with E-state index in [4.69, 9.17) is 11.6 Å². The molecule has 1 aromatic carbocycles. The van der Waals surface area contributed by atoms with Crippen LogP contribution in [-0.4, -0.2) is 25.3 Å². The van der Waals surface area contributed by atoms with Gasteiger partial charge in [-0.15, -0.1) is 16.4 Å². The summed E-state index contributed by atoms with van der Waals surface area (Å²) < 4.78 is 2.41. The number of nitrogens with zero attached hydrogens (tertiary/aromatic N) is 4. The number of thioether (sulfide) groups is 1. The predicted octanol–water partition coefficient (Wildman–Crippen LogP) is 3.38. The van der Waals surface area contributed by atoms with Crippen molar-refractivity contribution in [3.05, 3.63) is 45.6 Å². The molecule has 5 nitrogen and oxygen atoms in total. The fourth-order valence-electron chi connectivity index (χ4n) is 1.59. The van der Waals surface area contributed by atoms with Crippen molar-refractivity contribution < 1.29 is 5.11 Å². The van der Waals surface area contributed by atoms with Crippen molar-refractivity contribution in [2.45, 2.75) is 10.9 Å². The van der Waals surface area contributed by atoms with Gasteiger partial charge in [0.15, 0.2) is 0 Å². The highest BCUT2D eigenvalue weighted by molar-refractivity contribution is 7.98. The molecule has 8 heteroatoms. The van der Waals surface area contributed by atoms with Crippen molar-refractivity contribution >= 4 is 34.7 Å². The number of benzene rings is 1. The molecule has 2 aromatic heterocycles. The van der Waals surface area contributed by atoms with Crippen LogP contribution in [0.15, 0.2) is 41.6 Å². The zero-order valence-electron chi connectivity index (χ0n) is 10.1. The smallest absolute Gasteiger partial charge is 0.214 e. The highest BCUT2D eigenvalue weighted by Gasteiger charge is 2.10. The molecule has 0 fully saturated rings. The number of thiophene rings is 1. The van der Waals surface area contributed by atoms with E-state index in [0.29, 0.717) is 5.16 Å². The maximum absolute atomic E-state index is 9.30. The van der Waals surface area contributed by atoms with E-state index in [1.165, 1.54) is 16.6 Å². The van der Waals surface area contributed by atoms with Crippen LogP contribution in [0.3, 0.4) is 0 Å². The van der Waals surface area contributed by atoms with Gasteiger partial charge in [0.2, 0.25) is 5.16 Å². The van der Waals surface area contributed by atoms with Crippen LogP contribution in [0.1, 0.15) is 4.88 Å². The lowest BCUT2D eigenvalue weighted by Crippen LogP contribution is -1.98. The molecule has 0 aliphatic heterocycles. The van der Waals surface area contributed by atoms with Gasteiger partial charge in [-0.2, -0.15) is 4.68 Å². The molecule has 0 aliphatic rings. The van der Waals surface area contributed by atoms with E-state index in [1.807, 2.05) is 12.1 Å². The molecule has 3 rings (SSSR count). The zero-order chi connectivity index (χ0) is 13.9. The molecule has 20 heavy (non-hydrogen) atoms. The van der Waals surface area contributed by atoms with E-state index in [2.05, 4.69) is 15.5 Å². The first-order valence-corrected chi connectivity index (χ1v) is 7.85. The zero-order valence-corrected chi connectivity index (χ0v) is 12.5. The van der Waals surface area contributed by atoms with Crippen LogP contribution < -0.4 is 0 Å². The second-order valence-corrected chi connectivity index (χ2v) is 6.63. The van der Waals surface area contributed by atoms with Gasteiger partial charge in [-0.25, -0.2) is 0 Å². The SMILES string of the molecule is Oc1ccc(-n2nnnc2SCc2ccc(Cl)s2)cc1. The van der Waals surface area contributed by atoms with E-state index >= 15 is 0 Å². The Labute approximate surface area is 128 Å². The number of hydrogen-bond acceptors (Lipinski definition) is 6. The van der Waals surface area contributed by atoms with E-state index in [0.717, 1.165) is 15.8 Å². The molecule has 0 unspecified atom stereocenters. The number of rotatable bonds is 4. The molecule has 0 saturated heterocycles. The summed E-state index contributed by atoms with van der Waals surface area (Å²) in [5.74, 6) is 0.972. The van der Waals surface area contributed by atoms with Crippen molar-refractivity contribution in [1.29, 1.82) is 0 Å². The van der Waals surface area contributed by atoms with Gasteiger partial charge in [0.05, 0.1) is 10.0 Å². The number of aromatic nitrogens is 4. The number of aromatic hydroxyl groups is 1. The molecule has 0 spiro atoms. The first kappa shape index (κ1) is 13.4. The van der Waals surface area contributed by atoms with Crippen LogP contribution in [0, 0.1) is 0 Å². The summed E-state index contributed by atoms with van der Waals surface area (Å²) in [7, 11) is 0. The molecule has 102 valence electrons. The standard InChI is InChI=1S/C12H9ClN4OS2/c13-11-6-5-10(20-11)7-19-12-14-15-16-17(12)8-1-3-9(18)4-2-8/h1-6,18H,7H2. The van der Waals surface area contributed by atoms with Crippen LogP contribution in [0.5, 0.6) is 5.75 Å². The molecule has 1 N–H and O–H groups in total.